The normalized spacial score (nSPS) is 8.57. The zero-order valence-corrected chi connectivity index (χ0v) is 8.06. The van der Waals surface area contributed by atoms with Crippen LogP contribution in [-0.2, 0) is 0 Å². The largest absolute Gasteiger partial charge is 0.0991 e. The van der Waals surface area contributed by atoms with Crippen LogP contribution in [0.1, 0.15) is 0 Å². The summed E-state index contributed by atoms with van der Waals surface area (Å²) in [6.45, 7) is 7.00. The molecule has 0 bridgehead atoms. The van der Waals surface area contributed by atoms with E-state index in [1.807, 2.05) is 12.1 Å². The minimum atomic E-state index is 1.28. The highest BCUT2D eigenvalue weighted by molar-refractivity contribution is 5.62. The van der Waals surface area contributed by atoms with Crippen LogP contribution >= 0.6 is 0 Å². The van der Waals surface area contributed by atoms with Gasteiger partial charge in [0, 0.05) is 0 Å². The summed E-state index contributed by atoms with van der Waals surface area (Å²) in [5.74, 6) is 0. The van der Waals surface area contributed by atoms with Crippen molar-refractivity contribution in [3.8, 4) is 11.1 Å². The molecule has 0 unspecified atom stereocenters. The molecule has 14 heavy (non-hydrogen) atoms. The van der Waals surface area contributed by atoms with E-state index >= 15 is 0 Å². The van der Waals surface area contributed by atoms with Crippen LogP contribution in [0.25, 0.3) is 11.1 Å². The van der Waals surface area contributed by atoms with E-state index in [1.165, 1.54) is 11.1 Å². The Hall–Kier alpha value is -1.82. The van der Waals surface area contributed by atoms with E-state index in [9.17, 15) is 0 Å². The van der Waals surface area contributed by atoms with Gasteiger partial charge in [-0.15, -0.1) is 0 Å². The Bertz CT molecular complexity index is 311. The van der Waals surface area contributed by atoms with Gasteiger partial charge < -0.3 is 0 Å². The lowest BCUT2D eigenvalue weighted by atomic mass is 10.1. The smallest absolute Gasteiger partial charge is 0.0184 e. The Kier molecular flexibility index (Phi) is 4.22. The fourth-order valence-electron chi connectivity index (χ4n) is 1.26. The topological polar surface area (TPSA) is 0 Å². The monoisotopic (exact) mass is 181 g/mol. The molecule has 0 spiro atoms. The van der Waals surface area contributed by atoms with Gasteiger partial charge in [0.25, 0.3) is 0 Å². The molecule has 0 nitrogen and oxygen atoms in total. The zero-order chi connectivity index (χ0) is 10.2. The van der Waals surface area contributed by atoms with Gasteiger partial charge in [0.05, 0.1) is 0 Å². The van der Waals surface area contributed by atoms with E-state index in [-0.39, 0.29) is 0 Å². The Balaban J connectivity index is 0.000000461. The van der Waals surface area contributed by atoms with Crippen LogP contribution in [-0.4, -0.2) is 0 Å². The Labute approximate surface area is 85.5 Å². The van der Waals surface area contributed by atoms with Gasteiger partial charge in [-0.2, -0.15) is 0 Å². The summed E-state index contributed by atoms with van der Waals surface area (Å²) in [7, 11) is 0. The van der Waals surface area contributed by atoms with Gasteiger partial charge in [-0.1, -0.05) is 73.8 Å². The van der Waals surface area contributed by atoms with Crippen LogP contribution in [0.15, 0.2) is 67.2 Å². The van der Waals surface area contributed by atoms with Crippen molar-refractivity contribution in [2.24, 2.45) is 0 Å². The molecule has 0 saturated heterocycles. The maximum atomic E-state index is 4.25. The van der Waals surface area contributed by atoms with Crippen LogP contribution in [0, 0.1) is 6.58 Å². The maximum absolute atomic E-state index is 4.25. The highest BCUT2D eigenvalue weighted by Crippen LogP contribution is 2.17. The van der Waals surface area contributed by atoms with Gasteiger partial charge >= 0.3 is 0 Å². The quantitative estimate of drug-likeness (QED) is 0.624. The van der Waals surface area contributed by atoms with E-state index < -0.39 is 0 Å². The summed E-state index contributed by atoms with van der Waals surface area (Å²) in [5.41, 5.74) is 2.55. The predicted octanol–water partition coefficient (Wildman–Crippen LogP) is 3.96. The van der Waals surface area contributed by atoms with Crippen molar-refractivity contribution in [3.63, 3.8) is 0 Å². The third-order valence-corrected chi connectivity index (χ3v) is 1.88. The van der Waals surface area contributed by atoms with Crippen molar-refractivity contribution in [1.29, 1.82) is 0 Å². The molecule has 0 aliphatic carbocycles. The fraction of sp³-hybridized carbons (Fsp3) is 0. The first-order valence-electron chi connectivity index (χ1n) is 4.48. The molecule has 0 fully saturated rings. The summed E-state index contributed by atoms with van der Waals surface area (Å²) < 4.78 is 0. The standard InChI is InChI=1S/C12H10.C2H3/c1-3-7-11(8-4-1)12-9-5-2-6-10-12;1-2/h1-10H;1H,2H2. The Morgan fingerprint density at radius 2 is 0.857 bits per heavy atom. The van der Waals surface area contributed by atoms with Gasteiger partial charge in [-0.3, -0.25) is 0 Å². The molecule has 0 heteroatoms. The third-order valence-electron chi connectivity index (χ3n) is 1.88. The van der Waals surface area contributed by atoms with Gasteiger partial charge in [-0.25, -0.2) is 0 Å². The first kappa shape index (κ1) is 10.3. The minimum absolute atomic E-state index is 1.28. The zero-order valence-electron chi connectivity index (χ0n) is 8.06. The lowest BCUT2D eigenvalue weighted by molar-refractivity contribution is 1.62. The van der Waals surface area contributed by atoms with Crippen LogP contribution in [0.5, 0.6) is 0 Å². The predicted molar refractivity (Wildman–Crippen MR) is 61.8 cm³/mol. The highest BCUT2D eigenvalue weighted by Gasteiger charge is 1.91. The molecule has 0 N–H and O–H groups in total. The van der Waals surface area contributed by atoms with E-state index in [4.69, 9.17) is 0 Å². The molecule has 0 heterocycles. The molecule has 69 valence electrons. The summed E-state index contributed by atoms with van der Waals surface area (Å²) in [5, 5.41) is 0. The van der Waals surface area contributed by atoms with E-state index in [0.29, 0.717) is 0 Å². The van der Waals surface area contributed by atoms with Crippen LogP contribution in [0.3, 0.4) is 0 Å². The molecule has 1 radical (unpaired) electrons. The summed E-state index contributed by atoms with van der Waals surface area (Å²) in [4.78, 5) is 0. The highest BCUT2D eigenvalue weighted by atomic mass is 14.0. The minimum Gasteiger partial charge on any atom is -0.0991 e. The summed E-state index contributed by atoms with van der Waals surface area (Å²) in [6.07, 6.45) is 0. The van der Waals surface area contributed by atoms with Gasteiger partial charge in [0.2, 0.25) is 0 Å². The van der Waals surface area contributed by atoms with Gasteiger partial charge in [0.15, 0.2) is 0 Å². The van der Waals surface area contributed by atoms with Crippen molar-refractivity contribution < 1.29 is 0 Å². The molecule has 2 aromatic rings. The number of benzene rings is 2. The molecule has 0 amide bonds. The molecule has 0 atom stereocenters. The summed E-state index contributed by atoms with van der Waals surface area (Å²) in [6, 6.07) is 20.8. The lowest BCUT2D eigenvalue weighted by Crippen LogP contribution is -1.73. The van der Waals surface area contributed by atoms with E-state index in [0.717, 1.165) is 0 Å². The number of hydrogen-bond acceptors (Lipinski definition) is 0. The first-order chi connectivity index (χ1) is 6.97. The van der Waals surface area contributed by atoms with Crippen molar-refractivity contribution in [1.82, 2.24) is 0 Å². The second kappa shape index (κ2) is 5.76. The molecule has 0 aliphatic rings. The molecule has 2 rings (SSSR count). The summed E-state index contributed by atoms with van der Waals surface area (Å²) >= 11 is 0. The SMILES string of the molecule is [CH]=C.c1ccc(-c2ccccc2)cc1. The van der Waals surface area contributed by atoms with Crippen LogP contribution in [0.2, 0.25) is 0 Å². The number of rotatable bonds is 1. The first-order valence-corrected chi connectivity index (χ1v) is 4.48. The molecule has 2 aromatic carbocycles. The molecule has 0 saturated carbocycles. The molecular weight excluding hydrogens is 168 g/mol. The van der Waals surface area contributed by atoms with Crippen molar-refractivity contribution in [3.05, 3.63) is 73.8 Å². The average molecular weight is 181 g/mol. The second-order valence-electron chi connectivity index (χ2n) is 2.73. The Morgan fingerprint density at radius 3 is 1.14 bits per heavy atom. The van der Waals surface area contributed by atoms with Crippen molar-refractivity contribution in [2.45, 2.75) is 0 Å². The average Bonchev–Trinajstić information content (AvgIpc) is 2.34. The lowest BCUT2D eigenvalue weighted by Gasteiger charge is -1.98. The van der Waals surface area contributed by atoms with Crippen molar-refractivity contribution in [2.75, 3.05) is 0 Å². The molecule has 0 aliphatic heterocycles. The molecule has 0 aromatic heterocycles. The third kappa shape index (κ3) is 2.60. The number of hydrogen-bond donors (Lipinski definition) is 0. The fourth-order valence-corrected chi connectivity index (χ4v) is 1.26. The van der Waals surface area contributed by atoms with E-state index in [1.54, 1.807) is 0 Å². The van der Waals surface area contributed by atoms with Gasteiger partial charge in [0.1, 0.15) is 0 Å². The molecular formula is C14H13. The van der Waals surface area contributed by atoms with Crippen LogP contribution in [0.4, 0.5) is 0 Å². The Morgan fingerprint density at radius 1 is 0.571 bits per heavy atom. The second-order valence-corrected chi connectivity index (χ2v) is 2.73. The van der Waals surface area contributed by atoms with Crippen molar-refractivity contribution >= 4 is 0 Å². The maximum Gasteiger partial charge on any atom is -0.0184 e. The van der Waals surface area contributed by atoms with E-state index in [2.05, 4.69) is 61.7 Å². The van der Waals surface area contributed by atoms with Gasteiger partial charge in [-0.05, 0) is 11.1 Å². The van der Waals surface area contributed by atoms with Crippen LogP contribution < -0.4 is 0 Å².